The van der Waals surface area contributed by atoms with E-state index in [1.807, 2.05) is 22.7 Å². The molecule has 49 heavy (non-hydrogen) atoms. The summed E-state index contributed by atoms with van der Waals surface area (Å²) in [4.78, 5) is 10.9. The van der Waals surface area contributed by atoms with Crippen LogP contribution in [0.15, 0.2) is 127 Å². The van der Waals surface area contributed by atoms with Crippen LogP contribution >= 0.6 is 22.7 Å². The summed E-state index contributed by atoms with van der Waals surface area (Å²) in [6.45, 7) is 0. The summed E-state index contributed by atoms with van der Waals surface area (Å²) in [7, 11) is 0. The molecule has 0 aliphatic heterocycles. The van der Waals surface area contributed by atoms with Gasteiger partial charge in [0, 0.05) is 0 Å². The number of hydrogen-bond donors (Lipinski definition) is 0. The second-order valence-corrected chi connectivity index (χ2v) is 20.1. The quantitative estimate of drug-likeness (QED) is 0.163. The Morgan fingerprint density at radius 3 is 1.57 bits per heavy atom. The molecule has 0 unspecified atom stereocenters. The standard InChI is InChI=1S/C42H21N3S2Se2/c1-2-10-22(11-3-1)35-25-12-4-7-15-30(25)43-42(44-35)45-36-23(18-20-28-33-26-13-5-8-16-31(26)48-40(33)46-38(28)36)24-19-21-29-34-27-14-6-9-17-32(27)49-41(34)47-39(29)37(24)45/h1-21H. The third kappa shape index (κ3) is 3.67. The Balaban J connectivity index is 1.30. The number of aromatic nitrogens is 3. The zero-order chi connectivity index (χ0) is 31.8. The molecule has 0 aliphatic carbocycles. The van der Waals surface area contributed by atoms with Gasteiger partial charge in [0.05, 0.1) is 0 Å². The van der Waals surface area contributed by atoms with Crippen LogP contribution in [-0.2, 0) is 0 Å². The van der Waals surface area contributed by atoms with Gasteiger partial charge in [-0.2, -0.15) is 0 Å². The fourth-order valence-electron chi connectivity index (χ4n) is 7.80. The predicted octanol–water partition coefficient (Wildman–Crippen LogP) is 11.6. The Morgan fingerprint density at radius 2 is 0.959 bits per heavy atom. The monoisotopic (exact) mass is 791 g/mol. The molecule has 0 atom stereocenters. The van der Waals surface area contributed by atoms with Gasteiger partial charge in [0.15, 0.2) is 0 Å². The van der Waals surface area contributed by atoms with Gasteiger partial charge >= 0.3 is 301 Å². The van der Waals surface area contributed by atoms with Crippen LogP contribution in [0, 0.1) is 0 Å². The molecule has 0 spiro atoms. The Labute approximate surface area is 298 Å². The first-order chi connectivity index (χ1) is 24.3. The zero-order valence-corrected chi connectivity index (χ0v) is 30.7. The molecule has 6 aromatic heterocycles. The van der Waals surface area contributed by atoms with Crippen LogP contribution in [0.5, 0.6) is 0 Å². The average Bonchev–Trinajstić information content (AvgIpc) is 3.94. The van der Waals surface area contributed by atoms with E-state index in [0.29, 0.717) is 29.0 Å². The van der Waals surface area contributed by atoms with E-state index in [4.69, 9.17) is 9.97 Å². The maximum absolute atomic E-state index is 5.50. The molecule has 0 radical (unpaired) electrons. The van der Waals surface area contributed by atoms with E-state index < -0.39 is 0 Å². The van der Waals surface area contributed by atoms with Gasteiger partial charge in [0.1, 0.15) is 0 Å². The van der Waals surface area contributed by atoms with Gasteiger partial charge in [0.2, 0.25) is 0 Å². The molecule has 0 aliphatic rings. The third-order valence-corrected chi connectivity index (χ3v) is 17.9. The number of hydrogen-bond acceptors (Lipinski definition) is 4. The van der Waals surface area contributed by atoms with Crippen molar-refractivity contribution in [3.05, 3.63) is 127 Å². The molecule has 6 heterocycles. The molecule has 12 aromatic rings. The number of fused-ring (bicyclic) bond motifs is 16. The van der Waals surface area contributed by atoms with Crippen LogP contribution in [0.25, 0.3) is 107 Å². The van der Waals surface area contributed by atoms with E-state index >= 15 is 0 Å². The first-order valence-electron chi connectivity index (χ1n) is 16.2. The van der Waals surface area contributed by atoms with Crippen molar-refractivity contribution in [2.75, 3.05) is 0 Å². The second kappa shape index (κ2) is 9.99. The number of benzene rings is 6. The summed E-state index contributed by atoms with van der Waals surface area (Å²) in [5.74, 6) is 0.733. The first kappa shape index (κ1) is 27.3. The fourth-order valence-corrected chi connectivity index (χ4v) is 16.5. The van der Waals surface area contributed by atoms with Crippen molar-refractivity contribution < 1.29 is 0 Å². The summed E-state index contributed by atoms with van der Waals surface area (Å²) in [5, 5.41) is 11.9. The second-order valence-electron chi connectivity index (χ2n) is 12.5. The van der Waals surface area contributed by atoms with Gasteiger partial charge < -0.3 is 0 Å². The summed E-state index contributed by atoms with van der Waals surface area (Å²) in [6.07, 6.45) is 0. The molecule has 0 saturated heterocycles. The Bertz CT molecular complexity index is 3180. The van der Waals surface area contributed by atoms with Crippen molar-refractivity contribution in [3.63, 3.8) is 0 Å². The molecule has 0 bridgehead atoms. The molecule has 7 heteroatoms. The zero-order valence-electron chi connectivity index (χ0n) is 25.6. The van der Waals surface area contributed by atoms with Crippen molar-refractivity contribution in [3.8, 4) is 17.2 Å². The van der Waals surface area contributed by atoms with E-state index in [0.717, 1.165) is 28.1 Å². The topological polar surface area (TPSA) is 30.7 Å². The minimum atomic E-state index is 0.302. The molecule has 12 rings (SSSR count). The van der Waals surface area contributed by atoms with E-state index in [9.17, 15) is 0 Å². The third-order valence-electron chi connectivity index (χ3n) is 9.89. The fraction of sp³-hybridized carbons (Fsp3) is 0. The normalized spacial score (nSPS) is 12.5. The van der Waals surface area contributed by atoms with Crippen LogP contribution in [0.3, 0.4) is 0 Å². The average molecular weight is 790 g/mol. The first-order valence-corrected chi connectivity index (χ1v) is 21.2. The van der Waals surface area contributed by atoms with Crippen LogP contribution in [0.1, 0.15) is 0 Å². The minimum absolute atomic E-state index is 0.302. The van der Waals surface area contributed by atoms with Gasteiger partial charge in [-0.3, -0.25) is 0 Å². The summed E-state index contributed by atoms with van der Waals surface area (Å²) in [6, 6.07) is 46.5. The molecular weight excluding hydrogens is 769 g/mol. The molecule has 3 nitrogen and oxygen atoms in total. The van der Waals surface area contributed by atoms with Crippen LogP contribution in [0.2, 0.25) is 0 Å². The van der Waals surface area contributed by atoms with Crippen molar-refractivity contribution in [2.45, 2.75) is 0 Å². The van der Waals surface area contributed by atoms with Gasteiger partial charge in [0.25, 0.3) is 0 Å². The van der Waals surface area contributed by atoms with Crippen molar-refractivity contribution in [1.29, 1.82) is 0 Å². The molecule has 0 saturated carbocycles. The Kier molecular flexibility index (Phi) is 5.56. The Morgan fingerprint density at radius 1 is 0.449 bits per heavy atom. The summed E-state index contributed by atoms with van der Waals surface area (Å²) in [5.41, 5.74) is 5.47. The molecule has 0 fully saturated rings. The molecule has 6 aromatic carbocycles. The van der Waals surface area contributed by atoms with Gasteiger partial charge in [-0.05, 0) is 0 Å². The number of rotatable bonds is 2. The van der Waals surface area contributed by atoms with Crippen LogP contribution in [0.4, 0.5) is 0 Å². The predicted molar refractivity (Wildman–Crippen MR) is 214 cm³/mol. The van der Waals surface area contributed by atoms with Crippen molar-refractivity contribution >= 4 is 142 Å². The van der Waals surface area contributed by atoms with Crippen molar-refractivity contribution in [2.24, 2.45) is 0 Å². The number of nitrogens with zero attached hydrogens (tertiary/aromatic N) is 3. The Hall–Kier alpha value is -4.58. The van der Waals surface area contributed by atoms with E-state index in [1.54, 1.807) is 0 Å². The van der Waals surface area contributed by atoms with Crippen LogP contribution in [-0.4, -0.2) is 43.5 Å². The molecular formula is C42H21N3S2Se2. The molecule has 0 amide bonds. The number of para-hydroxylation sites is 1. The van der Waals surface area contributed by atoms with E-state index in [2.05, 4.69) is 132 Å². The van der Waals surface area contributed by atoms with Crippen LogP contribution < -0.4 is 0 Å². The SMILES string of the molecule is c1ccc(-c2nc(-n3c4c(ccc5c4sc4[se]c6ccccc6c45)c4ccc5c(sc6[se]c7ccccc7c65)c43)nc3ccccc23)cc1. The van der Waals surface area contributed by atoms with E-state index in [-0.39, 0.29) is 0 Å². The molecule has 228 valence electrons. The number of thiophene rings is 2. The van der Waals surface area contributed by atoms with Gasteiger partial charge in [-0.25, -0.2) is 0 Å². The van der Waals surface area contributed by atoms with E-state index in [1.165, 1.54) is 79.2 Å². The summed E-state index contributed by atoms with van der Waals surface area (Å²) < 4.78 is 11.1. The van der Waals surface area contributed by atoms with Gasteiger partial charge in [-0.1, -0.05) is 0 Å². The maximum atomic E-state index is 5.50. The summed E-state index contributed by atoms with van der Waals surface area (Å²) >= 11 is 4.56. The van der Waals surface area contributed by atoms with Gasteiger partial charge in [-0.15, -0.1) is 0 Å². The molecule has 0 N–H and O–H groups in total. The van der Waals surface area contributed by atoms with Crippen molar-refractivity contribution in [1.82, 2.24) is 14.5 Å².